The molecule has 0 amide bonds. The molecular formula is C9H18ClNO2. The molecular weight excluding hydrogens is 190 g/mol. The first kappa shape index (κ1) is 15.0. The van der Waals surface area contributed by atoms with E-state index in [9.17, 15) is 4.79 Å². The third-order valence-corrected chi connectivity index (χ3v) is 1.96. The molecule has 13 heavy (non-hydrogen) atoms. The number of rotatable bonds is 3. The Morgan fingerprint density at radius 1 is 1.62 bits per heavy atom. The highest BCUT2D eigenvalue weighted by Crippen LogP contribution is 2.01. The summed E-state index contributed by atoms with van der Waals surface area (Å²) in [5, 5.41) is 7.89. The van der Waals surface area contributed by atoms with Gasteiger partial charge in [-0.25, -0.2) is 4.79 Å². The van der Waals surface area contributed by atoms with Gasteiger partial charge < -0.3 is 5.11 Å². The van der Waals surface area contributed by atoms with E-state index >= 15 is 0 Å². The second kappa shape index (κ2) is 8.08. The minimum Gasteiger partial charge on any atom is -0.478 e. The Kier molecular flexibility index (Phi) is 9.29. The van der Waals surface area contributed by atoms with E-state index in [0.29, 0.717) is 0 Å². The number of carboxylic acids is 1. The quantitative estimate of drug-likeness (QED) is 0.438. The standard InChI is InChI=1S/C5H12ClN.C4H6O2/c1-4-5(6)7(2)3;1-3(2)4(5)6/h5H,4H2,1-3H3;1H2,2H3,(H,5,6). The van der Waals surface area contributed by atoms with Gasteiger partial charge in [0, 0.05) is 5.57 Å². The molecule has 0 bridgehead atoms. The van der Waals surface area contributed by atoms with Crippen LogP contribution < -0.4 is 0 Å². The molecule has 0 aliphatic rings. The summed E-state index contributed by atoms with van der Waals surface area (Å²) in [6.07, 6.45) is 1.01. The van der Waals surface area contributed by atoms with Crippen molar-refractivity contribution in [1.82, 2.24) is 4.90 Å². The van der Waals surface area contributed by atoms with E-state index in [1.807, 2.05) is 19.0 Å². The van der Waals surface area contributed by atoms with Gasteiger partial charge in [0.15, 0.2) is 0 Å². The van der Waals surface area contributed by atoms with Crippen molar-refractivity contribution in [1.29, 1.82) is 0 Å². The topological polar surface area (TPSA) is 40.5 Å². The van der Waals surface area contributed by atoms with Crippen molar-refractivity contribution < 1.29 is 9.90 Å². The van der Waals surface area contributed by atoms with Crippen LogP contribution >= 0.6 is 11.6 Å². The Morgan fingerprint density at radius 2 is 1.92 bits per heavy atom. The van der Waals surface area contributed by atoms with Crippen LogP contribution in [0.4, 0.5) is 0 Å². The molecule has 3 nitrogen and oxygen atoms in total. The average Bonchev–Trinajstić information content (AvgIpc) is 2.03. The second-order valence-electron chi connectivity index (χ2n) is 2.89. The maximum atomic E-state index is 9.60. The van der Waals surface area contributed by atoms with Gasteiger partial charge in [-0.15, -0.1) is 11.6 Å². The number of alkyl halides is 1. The van der Waals surface area contributed by atoms with Crippen molar-refractivity contribution in [3.05, 3.63) is 12.2 Å². The third kappa shape index (κ3) is 11.5. The summed E-state index contributed by atoms with van der Waals surface area (Å²) in [5.41, 5.74) is 0.384. The van der Waals surface area contributed by atoms with Crippen LogP contribution in [0.15, 0.2) is 12.2 Å². The van der Waals surface area contributed by atoms with E-state index < -0.39 is 5.97 Å². The first-order valence-corrected chi connectivity index (χ1v) is 4.45. The van der Waals surface area contributed by atoms with Gasteiger partial charge in [0.2, 0.25) is 0 Å². The maximum absolute atomic E-state index is 9.60. The predicted octanol–water partition coefficient (Wildman–Crippen LogP) is 2.17. The average molecular weight is 208 g/mol. The molecule has 0 aromatic rings. The number of nitrogens with zero attached hydrogens (tertiary/aromatic N) is 1. The van der Waals surface area contributed by atoms with Gasteiger partial charge in [-0.1, -0.05) is 13.5 Å². The summed E-state index contributed by atoms with van der Waals surface area (Å²) in [4.78, 5) is 11.6. The van der Waals surface area contributed by atoms with Gasteiger partial charge in [0.1, 0.15) is 0 Å². The molecule has 0 saturated carbocycles. The van der Waals surface area contributed by atoms with Crippen LogP contribution in [0.3, 0.4) is 0 Å². The third-order valence-electron chi connectivity index (χ3n) is 1.26. The second-order valence-corrected chi connectivity index (χ2v) is 3.40. The highest BCUT2D eigenvalue weighted by Gasteiger charge is 1.99. The highest BCUT2D eigenvalue weighted by atomic mass is 35.5. The zero-order chi connectivity index (χ0) is 11.0. The van der Waals surface area contributed by atoms with Gasteiger partial charge in [-0.2, -0.15) is 0 Å². The lowest BCUT2D eigenvalue weighted by molar-refractivity contribution is -0.132. The van der Waals surface area contributed by atoms with E-state index in [4.69, 9.17) is 16.7 Å². The predicted molar refractivity (Wildman–Crippen MR) is 56.1 cm³/mol. The summed E-state index contributed by atoms with van der Waals surface area (Å²) < 4.78 is 0. The van der Waals surface area contributed by atoms with Crippen LogP contribution in [-0.2, 0) is 4.79 Å². The van der Waals surface area contributed by atoms with Crippen molar-refractivity contribution in [3.63, 3.8) is 0 Å². The zero-order valence-corrected chi connectivity index (χ0v) is 9.43. The Balaban J connectivity index is 0. The lowest BCUT2D eigenvalue weighted by Gasteiger charge is -2.13. The fourth-order valence-electron chi connectivity index (χ4n) is 0.365. The molecule has 4 heteroatoms. The minimum absolute atomic E-state index is 0.176. The van der Waals surface area contributed by atoms with Crippen molar-refractivity contribution in [2.24, 2.45) is 0 Å². The normalized spacial score (nSPS) is 11.5. The van der Waals surface area contributed by atoms with Crippen LogP contribution in [0.1, 0.15) is 20.3 Å². The molecule has 0 aromatic heterocycles. The molecule has 0 radical (unpaired) electrons. The van der Waals surface area contributed by atoms with Crippen molar-refractivity contribution in [3.8, 4) is 0 Å². The summed E-state index contributed by atoms with van der Waals surface area (Å²) in [5.74, 6) is -0.935. The van der Waals surface area contributed by atoms with Crippen LogP contribution in [-0.4, -0.2) is 35.6 Å². The Hall–Kier alpha value is -0.540. The zero-order valence-electron chi connectivity index (χ0n) is 8.67. The van der Waals surface area contributed by atoms with Crippen LogP contribution in [0.25, 0.3) is 0 Å². The summed E-state index contributed by atoms with van der Waals surface area (Å²) in [6.45, 7) is 6.67. The molecule has 78 valence electrons. The first-order chi connectivity index (χ1) is 5.82. The van der Waals surface area contributed by atoms with Crippen LogP contribution in [0.2, 0.25) is 0 Å². The van der Waals surface area contributed by atoms with Crippen molar-refractivity contribution in [2.45, 2.75) is 25.8 Å². The fourth-order valence-corrected chi connectivity index (χ4v) is 0.365. The Morgan fingerprint density at radius 3 is 1.92 bits per heavy atom. The monoisotopic (exact) mass is 207 g/mol. The number of carboxylic acid groups (broad SMARTS) is 1. The Bertz CT molecular complexity index is 157. The molecule has 0 rings (SSSR count). The number of hydrogen-bond acceptors (Lipinski definition) is 2. The summed E-state index contributed by atoms with van der Waals surface area (Å²) in [7, 11) is 3.95. The van der Waals surface area contributed by atoms with Crippen molar-refractivity contribution >= 4 is 17.6 Å². The molecule has 0 aromatic carbocycles. The molecule has 1 N–H and O–H groups in total. The smallest absolute Gasteiger partial charge is 0.330 e. The fraction of sp³-hybridized carbons (Fsp3) is 0.667. The van der Waals surface area contributed by atoms with E-state index in [-0.39, 0.29) is 11.1 Å². The SMILES string of the molecule is C=C(C)C(=O)O.CCC(Cl)N(C)C. The lowest BCUT2D eigenvalue weighted by Crippen LogP contribution is -2.20. The van der Waals surface area contributed by atoms with E-state index in [1.54, 1.807) is 0 Å². The molecule has 0 saturated heterocycles. The minimum atomic E-state index is -0.935. The molecule has 0 heterocycles. The highest BCUT2D eigenvalue weighted by molar-refractivity contribution is 6.20. The number of hydrogen-bond donors (Lipinski definition) is 1. The van der Waals surface area contributed by atoms with Crippen LogP contribution in [0.5, 0.6) is 0 Å². The van der Waals surface area contributed by atoms with E-state index in [1.165, 1.54) is 6.92 Å². The van der Waals surface area contributed by atoms with Gasteiger partial charge in [0.05, 0.1) is 5.50 Å². The molecule has 0 aliphatic carbocycles. The first-order valence-electron chi connectivity index (χ1n) is 4.02. The largest absolute Gasteiger partial charge is 0.478 e. The van der Waals surface area contributed by atoms with E-state index in [0.717, 1.165) is 6.42 Å². The van der Waals surface area contributed by atoms with E-state index in [2.05, 4.69) is 13.5 Å². The number of carbonyl (C=O) groups is 1. The summed E-state index contributed by atoms with van der Waals surface area (Å²) in [6, 6.07) is 0. The Labute approximate surface area is 85.0 Å². The maximum Gasteiger partial charge on any atom is 0.330 e. The van der Waals surface area contributed by atoms with Gasteiger partial charge >= 0.3 is 5.97 Å². The van der Waals surface area contributed by atoms with Crippen molar-refractivity contribution in [2.75, 3.05) is 14.1 Å². The van der Waals surface area contributed by atoms with Crippen LogP contribution in [0, 0.1) is 0 Å². The molecule has 1 atom stereocenters. The molecule has 0 spiro atoms. The lowest BCUT2D eigenvalue weighted by atomic mass is 10.4. The number of halogens is 1. The molecule has 0 aliphatic heterocycles. The number of aliphatic carboxylic acids is 1. The summed E-state index contributed by atoms with van der Waals surface area (Å²) >= 11 is 5.73. The van der Waals surface area contributed by atoms with Gasteiger partial charge in [0.25, 0.3) is 0 Å². The van der Waals surface area contributed by atoms with Gasteiger partial charge in [-0.3, -0.25) is 4.90 Å². The van der Waals surface area contributed by atoms with Gasteiger partial charge in [-0.05, 0) is 27.4 Å². The molecule has 1 unspecified atom stereocenters. The molecule has 0 fully saturated rings.